The van der Waals surface area contributed by atoms with Crippen LogP contribution in [0.4, 0.5) is 0 Å². The molecule has 1 aromatic carbocycles. The Morgan fingerprint density at radius 1 is 0.947 bits per heavy atom. The largest absolute Gasteiger partial charge is 0.619 e. The van der Waals surface area contributed by atoms with Gasteiger partial charge in [-0.2, -0.15) is 4.73 Å². The van der Waals surface area contributed by atoms with Crippen LogP contribution in [0.5, 0.6) is 0 Å². The van der Waals surface area contributed by atoms with Crippen LogP contribution in [0.1, 0.15) is 37.5 Å². The fourth-order valence-electron chi connectivity index (χ4n) is 2.11. The van der Waals surface area contributed by atoms with Gasteiger partial charge in [0.05, 0.1) is 0 Å². The molecule has 0 N–H and O–H groups in total. The summed E-state index contributed by atoms with van der Waals surface area (Å²) in [4.78, 5) is 0. The molecule has 0 fully saturated rings. The van der Waals surface area contributed by atoms with Gasteiger partial charge in [-0.3, -0.25) is 0 Å². The molecule has 2 nitrogen and oxygen atoms in total. The molecule has 100 valence electrons. The lowest BCUT2D eigenvalue weighted by Gasteiger charge is -2.19. The molecule has 1 heterocycles. The number of aryl methyl sites for hydroxylation is 2. The van der Waals surface area contributed by atoms with Gasteiger partial charge in [0.2, 0.25) is 0 Å². The van der Waals surface area contributed by atoms with Crippen LogP contribution < -0.4 is 4.73 Å². The van der Waals surface area contributed by atoms with E-state index in [4.69, 9.17) is 0 Å². The molecular weight excluding hydrogens is 234 g/mol. The normalized spacial score (nSPS) is 11.5. The zero-order valence-electron chi connectivity index (χ0n) is 11.9. The molecular formula is C17H21NO. The Kier molecular flexibility index (Phi) is 3.89. The molecule has 0 aliphatic carbocycles. The van der Waals surface area contributed by atoms with E-state index < -0.39 is 0 Å². The topological polar surface area (TPSA) is 26.9 Å². The Hall–Kier alpha value is -1.83. The third-order valence-electron chi connectivity index (χ3n) is 3.36. The predicted octanol–water partition coefficient (Wildman–Crippen LogP) is 3.40. The Balaban J connectivity index is 2.01. The monoisotopic (exact) mass is 255 g/mol. The van der Waals surface area contributed by atoms with E-state index >= 15 is 0 Å². The summed E-state index contributed by atoms with van der Waals surface area (Å²) in [7, 11) is 0. The van der Waals surface area contributed by atoms with Gasteiger partial charge in [0, 0.05) is 11.6 Å². The molecule has 0 saturated heterocycles. The third kappa shape index (κ3) is 3.82. The lowest BCUT2D eigenvalue weighted by molar-refractivity contribution is -0.605. The summed E-state index contributed by atoms with van der Waals surface area (Å²) in [5.74, 6) is 0. The van der Waals surface area contributed by atoms with E-state index in [0.29, 0.717) is 0 Å². The van der Waals surface area contributed by atoms with Gasteiger partial charge >= 0.3 is 0 Å². The van der Waals surface area contributed by atoms with Crippen molar-refractivity contribution in [3.63, 3.8) is 0 Å². The maximum Gasteiger partial charge on any atom is 0.183 e. The fourth-order valence-corrected chi connectivity index (χ4v) is 2.11. The molecule has 0 unspecified atom stereocenters. The second kappa shape index (κ2) is 5.43. The minimum atomic E-state index is 0.200. The second-order valence-corrected chi connectivity index (χ2v) is 6.02. The molecule has 0 atom stereocenters. The summed E-state index contributed by atoms with van der Waals surface area (Å²) < 4.78 is 0.859. The van der Waals surface area contributed by atoms with Gasteiger partial charge in [0.15, 0.2) is 12.4 Å². The molecule has 0 spiro atoms. The van der Waals surface area contributed by atoms with E-state index in [2.05, 4.69) is 45.0 Å². The highest BCUT2D eigenvalue weighted by molar-refractivity contribution is 5.28. The van der Waals surface area contributed by atoms with Crippen molar-refractivity contribution in [3.05, 3.63) is 70.7 Å². The summed E-state index contributed by atoms with van der Waals surface area (Å²) >= 11 is 0. The van der Waals surface area contributed by atoms with E-state index in [-0.39, 0.29) is 5.41 Å². The van der Waals surface area contributed by atoms with E-state index in [1.165, 1.54) is 17.3 Å². The number of aromatic nitrogens is 1. The van der Waals surface area contributed by atoms with Crippen LogP contribution in [-0.2, 0) is 18.3 Å². The van der Waals surface area contributed by atoms with Crippen LogP contribution in [-0.4, -0.2) is 0 Å². The molecule has 1 aromatic heterocycles. The van der Waals surface area contributed by atoms with Gasteiger partial charge < -0.3 is 5.21 Å². The van der Waals surface area contributed by atoms with Crippen molar-refractivity contribution >= 4 is 0 Å². The summed E-state index contributed by atoms with van der Waals surface area (Å²) in [5, 5.41) is 11.2. The lowest BCUT2D eigenvalue weighted by atomic mass is 9.86. The molecule has 0 saturated carbocycles. The van der Waals surface area contributed by atoms with Crippen molar-refractivity contribution in [2.75, 3.05) is 0 Å². The molecule has 2 aromatic rings. The van der Waals surface area contributed by atoms with Crippen LogP contribution in [0.15, 0.2) is 48.8 Å². The number of hydrogen-bond acceptors (Lipinski definition) is 1. The Morgan fingerprint density at radius 2 is 1.58 bits per heavy atom. The van der Waals surface area contributed by atoms with E-state index in [9.17, 15) is 5.21 Å². The number of pyridine rings is 1. The molecule has 0 aliphatic heterocycles. The average molecular weight is 255 g/mol. The summed E-state index contributed by atoms with van der Waals surface area (Å²) in [6.45, 7) is 6.66. The molecule has 0 amide bonds. The molecule has 0 bridgehead atoms. The number of rotatable bonds is 3. The van der Waals surface area contributed by atoms with Crippen molar-refractivity contribution in [2.45, 2.75) is 39.0 Å². The van der Waals surface area contributed by atoms with Crippen molar-refractivity contribution in [2.24, 2.45) is 0 Å². The quantitative estimate of drug-likeness (QED) is 0.610. The minimum Gasteiger partial charge on any atom is -0.619 e. The van der Waals surface area contributed by atoms with Crippen molar-refractivity contribution in [1.29, 1.82) is 0 Å². The smallest absolute Gasteiger partial charge is 0.183 e. The summed E-state index contributed by atoms with van der Waals surface area (Å²) in [5.41, 5.74) is 3.95. The highest BCUT2D eigenvalue weighted by Crippen LogP contribution is 2.22. The van der Waals surface area contributed by atoms with Gasteiger partial charge in [0.25, 0.3) is 0 Å². The minimum absolute atomic E-state index is 0.200. The van der Waals surface area contributed by atoms with Gasteiger partial charge in [-0.1, -0.05) is 45.0 Å². The maximum atomic E-state index is 11.2. The van der Waals surface area contributed by atoms with E-state index in [1.54, 1.807) is 12.3 Å². The van der Waals surface area contributed by atoms with E-state index in [0.717, 1.165) is 23.1 Å². The van der Waals surface area contributed by atoms with Gasteiger partial charge in [0.1, 0.15) is 0 Å². The first-order valence-electron chi connectivity index (χ1n) is 6.72. The van der Waals surface area contributed by atoms with Crippen LogP contribution in [0, 0.1) is 5.21 Å². The first kappa shape index (κ1) is 13.6. The molecule has 2 heteroatoms. The summed E-state index contributed by atoms with van der Waals surface area (Å²) in [6, 6.07) is 12.6. The SMILES string of the molecule is CC(C)(C)c1ccc(CCc2ccc[n+]([O-])c2)cc1. The maximum absolute atomic E-state index is 11.2. The standard InChI is InChI=1S/C17H21NO/c1-17(2,3)16-10-8-14(9-11-16)6-7-15-5-4-12-18(19)13-15/h4-5,8-13H,6-7H2,1-3H3. The van der Waals surface area contributed by atoms with Crippen molar-refractivity contribution in [1.82, 2.24) is 0 Å². The first-order chi connectivity index (χ1) is 8.95. The lowest BCUT2D eigenvalue weighted by Crippen LogP contribution is -2.24. The molecule has 0 radical (unpaired) electrons. The molecule has 2 rings (SSSR count). The molecule has 19 heavy (non-hydrogen) atoms. The highest BCUT2D eigenvalue weighted by atomic mass is 16.5. The number of benzene rings is 1. The highest BCUT2D eigenvalue weighted by Gasteiger charge is 2.12. The zero-order valence-corrected chi connectivity index (χ0v) is 11.9. The van der Waals surface area contributed by atoms with Crippen molar-refractivity contribution in [3.8, 4) is 0 Å². The van der Waals surface area contributed by atoms with Crippen LogP contribution in [0.2, 0.25) is 0 Å². The van der Waals surface area contributed by atoms with Crippen LogP contribution in [0.3, 0.4) is 0 Å². The van der Waals surface area contributed by atoms with Gasteiger partial charge in [-0.25, -0.2) is 0 Å². The summed E-state index contributed by atoms with van der Waals surface area (Å²) in [6.07, 6.45) is 5.03. The second-order valence-electron chi connectivity index (χ2n) is 6.02. The van der Waals surface area contributed by atoms with E-state index in [1.807, 2.05) is 6.07 Å². The Labute approximate surface area is 115 Å². The molecule has 0 aliphatic rings. The van der Waals surface area contributed by atoms with Crippen LogP contribution in [0.25, 0.3) is 0 Å². The van der Waals surface area contributed by atoms with Crippen molar-refractivity contribution < 1.29 is 4.73 Å². The number of nitrogens with zero attached hydrogens (tertiary/aromatic N) is 1. The Bertz CT molecular complexity index is 538. The number of hydrogen-bond donors (Lipinski definition) is 0. The first-order valence-corrected chi connectivity index (χ1v) is 6.72. The fraction of sp³-hybridized carbons (Fsp3) is 0.353. The van der Waals surface area contributed by atoms with Gasteiger partial charge in [-0.15, -0.1) is 0 Å². The van der Waals surface area contributed by atoms with Gasteiger partial charge in [-0.05, 0) is 35.4 Å². The Morgan fingerprint density at radius 3 is 2.16 bits per heavy atom. The average Bonchev–Trinajstić information content (AvgIpc) is 2.36. The predicted molar refractivity (Wildman–Crippen MR) is 78.0 cm³/mol. The third-order valence-corrected chi connectivity index (χ3v) is 3.36. The zero-order chi connectivity index (χ0) is 13.9. The van der Waals surface area contributed by atoms with Crippen LogP contribution >= 0.6 is 0 Å².